The van der Waals surface area contributed by atoms with Crippen molar-refractivity contribution in [2.24, 2.45) is 0 Å². The standard InChI is InChI=1S/C10H10ClNO3/c1-6(2)8-4-3-7(10(11)13)5-9(8)12(14)15/h3-6H,1-2H3. The summed E-state index contributed by atoms with van der Waals surface area (Å²) in [5, 5.41) is 10.1. The van der Waals surface area contributed by atoms with E-state index in [1.807, 2.05) is 13.8 Å². The van der Waals surface area contributed by atoms with E-state index >= 15 is 0 Å². The molecule has 1 rings (SSSR count). The van der Waals surface area contributed by atoms with Gasteiger partial charge >= 0.3 is 0 Å². The van der Waals surface area contributed by atoms with Crippen LogP contribution in [0.5, 0.6) is 0 Å². The van der Waals surface area contributed by atoms with E-state index < -0.39 is 10.2 Å². The van der Waals surface area contributed by atoms with Gasteiger partial charge in [-0.05, 0) is 23.6 Å². The first kappa shape index (κ1) is 11.7. The van der Waals surface area contributed by atoms with Crippen molar-refractivity contribution in [3.63, 3.8) is 0 Å². The number of nitro groups is 1. The summed E-state index contributed by atoms with van der Waals surface area (Å²) in [6.07, 6.45) is 0. The third-order valence-electron chi connectivity index (χ3n) is 2.08. The van der Waals surface area contributed by atoms with Gasteiger partial charge in [0.15, 0.2) is 0 Å². The second kappa shape index (κ2) is 4.40. The number of hydrogen-bond acceptors (Lipinski definition) is 3. The van der Waals surface area contributed by atoms with Crippen LogP contribution in [-0.2, 0) is 0 Å². The fraction of sp³-hybridized carbons (Fsp3) is 0.300. The first-order chi connectivity index (χ1) is 6.93. The van der Waals surface area contributed by atoms with Crippen LogP contribution >= 0.6 is 11.6 Å². The van der Waals surface area contributed by atoms with Crippen LogP contribution in [-0.4, -0.2) is 10.2 Å². The largest absolute Gasteiger partial charge is 0.276 e. The third-order valence-corrected chi connectivity index (χ3v) is 2.29. The van der Waals surface area contributed by atoms with Crippen LogP contribution in [0.1, 0.15) is 35.7 Å². The molecule has 0 bridgehead atoms. The van der Waals surface area contributed by atoms with E-state index in [1.54, 1.807) is 6.07 Å². The molecule has 0 aliphatic carbocycles. The summed E-state index contributed by atoms with van der Waals surface area (Å²) in [4.78, 5) is 21.1. The van der Waals surface area contributed by atoms with Crippen molar-refractivity contribution in [2.45, 2.75) is 19.8 Å². The average molecular weight is 228 g/mol. The smallest absolute Gasteiger partial charge is 0.273 e. The molecule has 0 N–H and O–H groups in total. The van der Waals surface area contributed by atoms with Gasteiger partial charge in [-0.2, -0.15) is 0 Å². The van der Waals surface area contributed by atoms with E-state index in [2.05, 4.69) is 0 Å². The average Bonchev–Trinajstić information content (AvgIpc) is 2.16. The summed E-state index contributed by atoms with van der Waals surface area (Å²) >= 11 is 5.25. The normalized spacial score (nSPS) is 10.4. The molecule has 0 fully saturated rings. The minimum Gasteiger partial charge on any atom is -0.276 e. The van der Waals surface area contributed by atoms with Gasteiger partial charge in [-0.3, -0.25) is 14.9 Å². The highest BCUT2D eigenvalue weighted by atomic mass is 35.5. The van der Waals surface area contributed by atoms with Gasteiger partial charge in [0, 0.05) is 17.2 Å². The van der Waals surface area contributed by atoms with E-state index in [9.17, 15) is 14.9 Å². The first-order valence-corrected chi connectivity index (χ1v) is 4.79. The molecule has 0 saturated heterocycles. The molecule has 0 amide bonds. The molecule has 80 valence electrons. The van der Waals surface area contributed by atoms with Crippen molar-refractivity contribution >= 4 is 22.5 Å². The topological polar surface area (TPSA) is 60.2 Å². The lowest BCUT2D eigenvalue weighted by Crippen LogP contribution is -2.00. The lowest BCUT2D eigenvalue weighted by molar-refractivity contribution is -0.385. The molecule has 15 heavy (non-hydrogen) atoms. The Kier molecular flexibility index (Phi) is 3.42. The van der Waals surface area contributed by atoms with Crippen LogP contribution in [0.15, 0.2) is 18.2 Å². The quantitative estimate of drug-likeness (QED) is 0.453. The lowest BCUT2D eigenvalue weighted by atomic mass is 10.00. The van der Waals surface area contributed by atoms with Gasteiger partial charge < -0.3 is 0 Å². The molecule has 0 aliphatic heterocycles. The highest BCUT2D eigenvalue weighted by Crippen LogP contribution is 2.27. The van der Waals surface area contributed by atoms with E-state index in [1.165, 1.54) is 12.1 Å². The predicted octanol–water partition coefficient (Wildman–Crippen LogP) is 3.10. The van der Waals surface area contributed by atoms with Crippen LogP contribution in [0, 0.1) is 10.1 Å². The summed E-state index contributed by atoms with van der Waals surface area (Å²) in [7, 11) is 0. The SMILES string of the molecule is CC(C)c1ccc(C(=O)Cl)cc1[N+](=O)[O-]. The van der Waals surface area contributed by atoms with E-state index in [-0.39, 0.29) is 17.2 Å². The molecule has 0 radical (unpaired) electrons. The highest BCUT2D eigenvalue weighted by Gasteiger charge is 2.18. The molecule has 4 nitrogen and oxygen atoms in total. The number of benzene rings is 1. The second-order valence-corrected chi connectivity index (χ2v) is 3.80. The van der Waals surface area contributed by atoms with Crippen molar-refractivity contribution in [2.75, 3.05) is 0 Å². The van der Waals surface area contributed by atoms with Gasteiger partial charge in [0.05, 0.1) is 4.92 Å². The van der Waals surface area contributed by atoms with Crippen LogP contribution in [0.4, 0.5) is 5.69 Å². The molecule has 0 aliphatic rings. The summed E-state index contributed by atoms with van der Waals surface area (Å²) < 4.78 is 0. The Labute approximate surface area is 92.0 Å². The zero-order chi connectivity index (χ0) is 11.6. The Morgan fingerprint density at radius 3 is 2.47 bits per heavy atom. The Hall–Kier alpha value is -1.42. The van der Waals surface area contributed by atoms with Gasteiger partial charge in [-0.25, -0.2) is 0 Å². The fourth-order valence-corrected chi connectivity index (χ4v) is 1.43. The Balaban J connectivity index is 3.33. The molecule has 0 aromatic heterocycles. The molecule has 1 aromatic carbocycles. The maximum atomic E-state index is 10.8. The number of nitrogens with zero attached hydrogens (tertiary/aromatic N) is 1. The summed E-state index contributed by atoms with van der Waals surface area (Å²) in [6.45, 7) is 3.70. The number of carbonyl (C=O) groups excluding carboxylic acids is 1. The molecular weight excluding hydrogens is 218 g/mol. The maximum absolute atomic E-state index is 10.8. The number of rotatable bonds is 3. The summed E-state index contributed by atoms with van der Waals surface area (Å²) in [5.74, 6) is 0.0323. The van der Waals surface area contributed by atoms with Gasteiger partial charge in [0.1, 0.15) is 0 Å². The number of hydrogen-bond donors (Lipinski definition) is 0. The van der Waals surface area contributed by atoms with E-state index in [4.69, 9.17) is 11.6 Å². The van der Waals surface area contributed by atoms with Crippen molar-refractivity contribution in [3.8, 4) is 0 Å². The minimum atomic E-state index is -0.687. The zero-order valence-corrected chi connectivity index (χ0v) is 9.12. The third kappa shape index (κ3) is 2.53. The van der Waals surface area contributed by atoms with Crippen molar-refractivity contribution in [1.82, 2.24) is 0 Å². The van der Waals surface area contributed by atoms with E-state index in [0.29, 0.717) is 5.56 Å². The molecule has 0 heterocycles. The molecule has 0 spiro atoms. The van der Waals surface area contributed by atoms with Gasteiger partial charge in [-0.15, -0.1) is 0 Å². The van der Waals surface area contributed by atoms with Crippen molar-refractivity contribution in [1.29, 1.82) is 0 Å². The van der Waals surface area contributed by atoms with Crippen LogP contribution in [0.25, 0.3) is 0 Å². The Morgan fingerprint density at radius 2 is 2.07 bits per heavy atom. The number of carbonyl (C=O) groups is 1. The maximum Gasteiger partial charge on any atom is 0.273 e. The monoisotopic (exact) mass is 227 g/mol. The fourth-order valence-electron chi connectivity index (χ4n) is 1.31. The highest BCUT2D eigenvalue weighted by molar-refractivity contribution is 6.67. The lowest BCUT2D eigenvalue weighted by Gasteiger charge is -2.06. The van der Waals surface area contributed by atoms with Crippen LogP contribution < -0.4 is 0 Å². The van der Waals surface area contributed by atoms with Gasteiger partial charge in [0.2, 0.25) is 0 Å². The zero-order valence-electron chi connectivity index (χ0n) is 8.36. The molecule has 5 heteroatoms. The Bertz CT molecular complexity index is 415. The number of nitro benzene ring substituents is 1. The predicted molar refractivity (Wildman–Crippen MR) is 57.4 cm³/mol. The second-order valence-electron chi connectivity index (χ2n) is 3.46. The van der Waals surface area contributed by atoms with Gasteiger partial charge in [-0.1, -0.05) is 19.9 Å². The summed E-state index contributed by atoms with van der Waals surface area (Å²) in [5.41, 5.74) is 0.686. The van der Waals surface area contributed by atoms with Crippen LogP contribution in [0.3, 0.4) is 0 Å². The first-order valence-electron chi connectivity index (χ1n) is 4.41. The van der Waals surface area contributed by atoms with Crippen molar-refractivity contribution < 1.29 is 9.72 Å². The summed E-state index contributed by atoms with van der Waals surface area (Å²) in [6, 6.07) is 4.28. The number of halogens is 1. The van der Waals surface area contributed by atoms with Crippen LogP contribution in [0.2, 0.25) is 0 Å². The minimum absolute atomic E-state index is 0.0323. The van der Waals surface area contributed by atoms with E-state index in [0.717, 1.165) is 0 Å². The van der Waals surface area contributed by atoms with Gasteiger partial charge in [0.25, 0.3) is 10.9 Å². The Morgan fingerprint density at radius 1 is 1.47 bits per heavy atom. The molecule has 0 saturated carbocycles. The van der Waals surface area contributed by atoms with Crippen molar-refractivity contribution in [3.05, 3.63) is 39.4 Å². The molecular formula is C10H10ClNO3. The molecule has 0 unspecified atom stereocenters. The molecule has 0 atom stereocenters. The molecule has 1 aromatic rings.